The highest BCUT2D eigenvalue weighted by atomic mass is 79.9. The van der Waals surface area contributed by atoms with Crippen LogP contribution < -0.4 is 5.32 Å². The summed E-state index contributed by atoms with van der Waals surface area (Å²) in [6.45, 7) is 0.330. The van der Waals surface area contributed by atoms with Crippen molar-refractivity contribution in [3.63, 3.8) is 0 Å². The lowest BCUT2D eigenvalue weighted by molar-refractivity contribution is -0.118. The first kappa shape index (κ1) is 15.5. The SMILES string of the molecule is N#CCCNC(=O)CSc1ccc(Br)c(C(=O)O)c1. The molecule has 1 aromatic rings. The molecule has 1 amide bonds. The van der Waals surface area contributed by atoms with Crippen LogP contribution in [-0.2, 0) is 4.79 Å². The Balaban J connectivity index is 2.54. The number of nitrogens with one attached hydrogen (secondary N) is 1. The number of carboxylic acids is 1. The molecule has 100 valence electrons. The number of hydrogen-bond acceptors (Lipinski definition) is 4. The molecule has 0 unspecified atom stereocenters. The summed E-state index contributed by atoms with van der Waals surface area (Å²) in [6, 6.07) is 6.82. The third-order valence-electron chi connectivity index (χ3n) is 2.10. The molecule has 0 aliphatic heterocycles. The van der Waals surface area contributed by atoms with E-state index in [0.29, 0.717) is 15.9 Å². The molecule has 0 saturated heterocycles. The van der Waals surface area contributed by atoms with Crippen LogP contribution in [-0.4, -0.2) is 29.3 Å². The summed E-state index contributed by atoms with van der Waals surface area (Å²) in [5.74, 6) is -1.01. The molecule has 19 heavy (non-hydrogen) atoms. The van der Waals surface area contributed by atoms with Crippen molar-refractivity contribution in [2.75, 3.05) is 12.3 Å². The predicted octanol–water partition coefficient (Wildman–Crippen LogP) is 2.27. The number of rotatable bonds is 6. The quantitative estimate of drug-likeness (QED) is 0.611. The van der Waals surface area contributed by atoms with Gasteiger partial charge in [-0.1, -0.05) is 0 Å². The first-order chi connectivity index (χ1) is 9.04. The van der Waals surface area contributed by atoms with Gasteiger partial charge in [-0.25, -0.2) is 4.79 Å². The molecule has 2 N–H and O–H groups in total. The van der Waals surface area contributed by atoms with Crippen molar-refractivity contribution >= 4 is 39.6 Å². The minimum absolute atomic E-state index is 0.162. The Morgan fingerprint density at radius 1 is 1.47 bits per heavy atom. The van der Waals surface area contributed by atoms with Crippen molar-refractivity contribution in [3.8, 4) is 6.07 Å². The van der Waals surface area contributed by atoms with Crippen molar-refractivity contribution in [1.29, 1.82) is 5.26 Å². The third-order valence-corrected chi connectivity index (χ3v) is 3.78. The van der Waals surface area contributed by atoms with Crippen LogP contribution in [0.1, 0.15) is 16.8 Å². The van der Waals surface area contributed by atoms with Gasteiger partial charge in [0.25, 0.3) is 0 Å². The molecular formula is C12H11BrN2O3S. The topological polar surface area (TPSA) is 90.2 Å². The number of hydrogen-bond donors (Lipinski definition) is 2. The predicted molar refractivity (Wildman–Crippen MR) is 75.1 cm³/mol. The highest BCUT2D eigenvalue weighted by molar-refractivity contribution is 9.10. The summed E-state index contributed by atoms with van der Waals surface area (Å²) in [6.07, 6.45) is 0.276. The Morgan fingerprint density at radius 2 is 2.21 bits per heavy atom. The molecule has 0 fully saturated rings. The Kier molecular flexibility index (Phi) is 6.39. The molecule has 0 saturated carbocycles. The van der Waals surface area contributed by atoms with E-state index in [4.69, 9.17) is 10.4 Å². The molecule has 5 nitrogen and oxygen atoms in total. The van der Waals surface area contributed by atoms with Gasteiger partial charge in [0, 0.05) is 15.9 Å². The minimum Gasteiger partial charge on any atom is -0.478 e. The summed E-state index contributed by atoms with van der Waals surface area (Å²) in [5.41, 5.74) is 0.162. The van der Waals surface area contributed by atoms with Gasteiger partial charge in [0.1, 0.15) is 0 Å². The molecule has 0 radical (unpaired) electrons. The van der Waals surface area contributed by atoms with Gasteiger partial charge in [0.05, 0.1) is 23.8 Å². The third kappa shape index (κ3) is 5.32. The van der Waals surface area contributed by atoms with Crippen LogP contribution in [0.25, 0.3) is 0 Å². The van der Waals surface area contributed by atoms with Crippen LogP contribution >= 0.6 is 27.7 Å². The smallest absolute Gasteiger partial charge is 0.336 e. The van der Waals surface area contributed by atoms with Gasteiger partial charge >= 0.3 is 5.97 Å². The summed E-state index contributed by atoms with van der Waals surface area (Å²) >= 11 is 4.40. The van der Waals surface area contributed by atoms with E-state index in [1.54, 1.807) is 12.1 Å². The molecule has 7 heteroatoms. The zero-order valence-corrected chi connectivity index (χ0v) is 12.3. The average molecular weight is 343 g/mol. The number of benzene rings is 1. The van der Waals surface area contributed by atoms with Gasteiger partial charge < -0.3 is 10.4 Å². The van der Waals surface area contributed by atoms with Gasteiger partial charge in [-0.15, -0.1) is 11.8 Å². The molecule has 0 aromatic heterocycles. The molecule has 1 aromatic carbocycles. The first-order valence-corrected chi connectivity index (χ1v) is 7.11. The standard InChI is InChI=1S/C12H11BrN2O3S/c13-10-3-2-8(6-9(10)12(17)18)19-7-11(16)15-5-1-4-14/h2-3,6H,1,5,7H2,(H,15,16)(H,17,18). The van der Waals surface area contributed by atoms with E-state index in [1.165, 1.54) is 17.8 Å². The fourth-order valence-electron chi connectivity index (χ4n) is 1.22. The van der Waals surface area contributed by atoms with Crippen molar-refractivity contribution in [1.82, 2.24) is 5.32 Å². The number of halogens is 1. The van der Waals surface area contributed by atoms with Gasteiger partial charge in [-0.2, -0.15) is 5.26 Å². The number of carbonyl (C=O) groups is 2. The van der Waals surface area contributed by atoms with Crippen LogP contribution in [0.2, 0.25) is 0 Å². The summed E-state index contributed by atoms with van der Waals surface area (Å²) < 4.78 is 0.503. The Labute approximate surface area is 123 Å². The van der Waals surface area contributed by atoms with E-state index in [0.717, 1.165) is 0 Å². The van der Waals surface area contributed by atoms with Crippen LogP contribution in [0, 0.1) is 11.3 Å². The first-order valence-electron chi connectivity index (χ1n) is 5.34. The van der Waals surface area contributed by atoms with Crippen molar-refractivity contribution < 1.29 is 14.7 Å². The summed E-state index contributed by atoms with van der Waals surface area (Å²) in [7, 11) is 0. The number of thioether (sulfide) groups is 1. The van der Waals surface area contributed by atoms with Gasteiger partial charge in [0.2, 0.25) is 5.91 Å². The van der Waals surface area contributed by atoms with Gasteiger partial charge in [-0.05, 0) is 34.1 Å². The number of nitrogens with zero attached hydrogens (tertiary/aromatic N) is 1. The van der Waals surface area contributed by atoms with E-state index < -0.39 is 5.97 Å². The number of nitriles is 1. The van der Waals surface area contributed by atoms with E-state index in [2.05, 4.69) is 21.2 Å². The molecule has 0 atom stereocenters. The molecular weight excluding hydrogens is 332 g/mol. The monoisotopic (exact) mass is 342 g/mol. The lowest BCUT2D eigenvalue weighted by atomic mass is 10.2. The van der Waals surface area contributed by atoms with Gasteiger partial charge in [-0.3, -0.25) is 4.79 Å². The van der Waals surface area contributed by atoms with Crippen LogP contribution in [0.3, 0.4) is 0 Å². The van der Waals surface area contributed by atoms with E-state index in [9.17, 15) is 9.59 Å². The van der Waals surface area contributed by atoms with Gasteiger partial charge in [0.15, 0.2) is 0 Å². The lowest BCUT2D eigenvalue weighted by Gasteiger charge is -2.05. The van der Waals surface area contributed by atoms with E-state index >= 15 is 0 Å². The zero-order chi connectivity index (χ0) is 14.3. The second-order valence-electron chi connectivity index (χ2n) is 3.49. The molecule has 1 rings (SSSR count). The number of aromatic carboxylic acids is 1. The van der Waals surface area contributed by atoms with Crippen LogP contribution in [0.15, 0.2) is 27.6 Å². The zero-order valence-electron chi connectivity index (χ0n) is 9.85. The Bertz CT molecular complexity index is 528. The largest absolute Gasteiger partial charge is 0.478 e. The van der Waals surface area contributed by atoms with E-state index in [1.807, 2.05) is 6.07 Å². The van der Waals surface area contributed by atoms with Crippen molar-refractivity contribution in [3.05, 3.63) is 28.2 Å². The number of carboxylic acid groups (broad SMARTS) is 1. The van der Waals surface area contributed by atoms with Crippen LogP contribution in [0.4, 0.5) is 0 Å². The average Bonchev–Trinajstić information content (AvgIpc) is 2.37. The molecule has 0 bridgehead atoms. The summed E-state index contributed by atoms with van der Waals surface area (Å²) in [5, 5.41) is 19.9. The highest BCUT2D eigenvalue weighted by Crippen LogP contribution is 2.24. The second-order valence-corrected chi connectivity index (χ2v) is 5.40. The maximum atomic E-state index is 11.4. The fourth-order valence-corrected chi connectivity index (χ4v) is 2.40. The Hall–Kier alpha value is -1.52. The highest BCUT2D eigenvalue weighted by Gasteiger charge is 2.10. The molecule has 0 aliphatic carbocycles. The van der Waals surface area contributed by atoms with Crippen LogP contribution in [0.5, 0.6) is 0 Å². The summed E-state index contributed by atoms with van der Waals surface area (Å²) in [4.78, 5) is 23.1. The molecule has 0 aliphatic rings. The number of amides is 1. The normalized spacial score (nSPS) is 9.68. The molecule has 0 spiro atoms. The Morgan fingerprint density at radius 3 is 2.84 bits per heavy atom. The van der Waals surface area contributed by atoms with Crippen molar-refractivity contribution in [2.45, 2.75) is 11.3 Å². The maximum Gasteiger partial charge on any atom is 0.336 e. The van der Waals surface area contributed by atoms with Crippen molar-refractivity contribution in [2.24, 2.45) is 0 Å². The lowest BCUT2D eigenvalue weighted by Crippen LogP contribution is -2.25. The van der Waals surface area contributed by atoms with E-state index in [-0.39, 0.29) is 23.6 Å². The molecule has 0 heterocycles. The minimum atomic E-state index is -1.02. The fraction of sp³-hybridized carbons (Fsp3) is 0.250. The maximum absolute atomic E-state index is 11.4. The second kappa shape index (κ2) is 7.81. The number of carbonyl (C=O) groups excluding carboxylic acids is 1.